The maximum Gasteiger partial charge on any atom is 0.242 e. The first kappa shape index (κ1) is 21.8. The third-order valence-corrected chi connectivity index (χ3v) is 5.03. The third-order valence-electron chi connectivity index (χ3n) is 3.16. The van der Waals surface area contributed by atoms with Crippen LogP contribution in [0.3, 0.4) is 0 Å². The molecule has 1 rings (SSSR count). The summed E-state index contributed by atoms with van der Waals surface area (Å²) in [6.07, 6.45) is 0.605. The number of rotatable bonds is 8. The minimum Gasteiger partial charge on any atom is -0.352 e. The number of halogens is 2. The summed E-state index contributed by atoms with van der Waals surface area (Å²) in [6, 6.07) is 4.53. The fourth-order valence-electron chi connectivity index (χ4n) is 1.77. The van der Waals surface area contributed by atoms with Crippen molar-refractivity contribution in [1.82, 2.24) is 9.62 Å². The molecule has 23 heavy (non-hydrogen) atoms. The Labute approximate surface area is 142 Å². The Morgan fingerprint density at radius 3 is 2.43 bits per heavy atom. The summed E-state index contributed by atoms with van der Waals surface area (Å²) in [6.45, 7) is 2.34. The molecule has 1 atom stereocenters. The summed E-state index contributed by atoms with van der Waals surface area (Å²) in [5, 5.41) is 2.71. The lowest BCUT2D eigenvalue weighted by molar-refractivity contribution is -0.121. The Bertz CT molecular complexity index is 596. The second-order valence-electron chi connectivity index (χ2n) is 5.09. The topological polar surface area (TPSA) is 92.5 Å². The van der Waals surface area contributed by atoms with Crippen molar-refractivity contribution in [2.45, 2.75) is 30.7 Å². The van der Waals surface area contributed by atoms with E-state index in [1.807, 2.05) is 0 Å². The molecule has 0 aromatic heterocycles. The molecule has 0 unspecified atom stereocenters. The highest BCUT2D eigenvalue weighted by atomic mass is 35.5. The van der Waals surface area contributed by atoms with Crippen LogP contribution in [0.25, 0.3) is 0 Å². The second kappa shape index (κ2) is 9.82. The Morgan fingerprint density at radius 2 is 1.91 bits per heavy atom. The van der Waals surface area contributed by atoms with Crippen molar-refractivity contribution in [3.05, 3.63) is 30.1 Å². The van der Waals surface area contributed by atoms with Crippen LogP contribution in [0.15, 0.2) is 29.2 Å². The van der Waals surface area contributed by atoms with Crippen molar-refractivity contribution in [3.63, 3.8) is 0 Å². The Morgan fingerprint density at radius 1 is 1.35 bits per heavy atom. The highest BCUT2D eigenvalue weighted by molar-refractivity contribution is 7.89. The van der Waals surface area contributed by atoms with E-state index < -0.39 is 15.8 Å². The predicted molar refractivity (Wildman–Crippen MR) is 89.4 cm³/mol. The quantitative estimate of drug-likeness (QED) is 0.720. The highest BCUT2D eigenvalue weighted by Crippen LogP contribution is 2.15. The molecule has 0 heterocycles. The normalized spacial score (nSPS) is 12.6. The van der Waals surface area contributed by atoms with Gasteiger partial charge in [0.1, 0.15) is 5.82 Å². The zero-order chi connectivity index (χ0) is 16.8. The molecule has 0 saturated carbocycles. The van der Waals surface area contributed by atoms with Gasteiger partial charge in [-0.2, -0.15) is 0 Å². The summed E-state index contributed by atoms with van der Waals surface area (Å²) in [5.74, 6) is -0.655. The summed E-state index contributed by atoms with van der Waals surface area (Å²) in [4.78, 5) is 11.6. The van der Waals surface area contributed by atoms with E-state index in [2.05, 4.69) is 5.32 Å². The van der Waals surface area contributed by atoms with Gasteiger partial charge < -0.3 is 11.1 Å². The fourth-order valence-corrected chi connectivity index (χ4v) is 2.98. The van der Waals surface area contributed by atoms with E-state index in [9.17, 15) is 17.6 Å². The lowest BCUT2D eigenvalue weighted by atomic mass is 10.2. The number of sulfonamides is 1. The number of nitrogens with zero attached hydrogens (tertiary/aromatic N) is 1. The van der Waals surface area contributed by atoms with E-state index in [1.54, 1.807) is 6.92 Å². The van der Waals surface area contributed by atoms with E-state index in [4.69, 9.17) is 5.73 Å². The lowest BCUT2D eigenvalue weighted by Crippen LogP contribution is -2.38. The molecule has 0 aliphatic heterocycles. The molecule has 1 aromatic carbocycles. The zero-order valence-electron chi connectivity index (χ0n) is 13.2. The monoisotopic (exact) mass is 367 g/mol. The molecule has 1 amide bonds. The summed E-state index contributed by atoms with van der Waals surface area (Å²) >= 11 is 0. The molecular formula is C14H23ClFN3O3S. The number of hydrogen-bond donors (Lipinski definition) is 2. The van der Waals surface area contributed by atoms with E-state index in [-0.39, 0.29) is 42.2 Å². The largest absolute Gasteiger partial charge is 0.352 e. The van der Waals surface area contributed by atoms with E-state index >= 15 is 0 Å². The van der Waals surface area contributed by atoms with Crippen LogP contribution < -0.4 is 11.1 Å². The molecule has 0 spiro atoms. The molecule has 0 saturated heterocycles. The first-order valence-electron chi connectivity index (χ1n) is 6.98. The minimum atomic E-state index is -3.67. The van der Waals surface area contributed by atoms with E-state index in [0.717, 1.165) is 16.4 Å². The number of benzene rings is 1. The van der Waals surface area contributed by atoms with Crippen LogP contribution >= 0.6 is 12.4 Å². The van der Waals surface area contributed by atoms with Crippen LogP contribution in [0.1, 0.15) is 19.8 Å². The maximum atomic E-state index is 12.8. The third kappa shape index (κ3) is 6.82. The number of carbonyl (C=O) groups is 1. The van der Waals surface area contributed by atoms with Gasteiger partial charge in [0.05, 0.1) is 4.90 Å². The Balaban J connectivity index is 0.00000484. The maximum absolute atomic E-state index is 12.8. The van der Waals surface area contributed by atoms with Gasteiger partial charge in [-0.05, 0) is 37.6 Å². The first-order valence-corrected chi connectivity index (χ1v) is 8.42. The van der Waals surface area contributed by atoms with Crippen molar-refractivity contribution in [2.75, 3.05) is 20.1 Å². The van der Waals surface area contributed by atoms with Crippen molar-refractivity contribution in [1.29, 1.82) is 0 Å². The van der Waals surface area contributed by atoms with Crippen molar-refractivity contribution >= 4 is 28.3 Å². The average Bonchev–Trinajstić information content (AvgIpc) is 2.47. The molecule has 0 bridgehead atoms. The molecule has 6 nitrogen and oxygen atoms in total. The van der Waals surface area contributed by atoms with Gasteiger partial charge in [-0.3, -0.25) is 4.79 Å². The first-order chi connectivity index (χ1) is 10.3. The summed E-state index contributed by atoms with van der Waals surface area (Å²) in [7, 11) is -2.24. The number of carbonyl (C=O) groups excluding carboxylic acids is 1. The molecule has 0 fully saturated rings. The summed E-state index contributed by atoms with van der Waals surface area (Å²) in [5.41, 5.74) is 5.40. The highest BCUT2D eigenvalue weighted by Gasteiger charge is 2.20. The molecule has 1 aromatic rings. The Kier molecular flexibility index (Phi) is 9.29. The molecule has 0 aliphatic rings. The van der Waals surface area contributed by atoms with Crippen LogP contribution in [0.5, 0.6) is 0 Å². The smallest absolute Gasteiger partial charge is 0.242 e. The van der Waals surface area contributed by atoms with Crippen LogP contribution in [-0.2, 0) is 14.8 Å². The van der Waals surface area contributed by atoms with E-state index in [0.29, 0.717) is 13.0 Å². The minimum absolute atomic E-state index is 0. The standard InChI is InChI=1S/C14H22FN3O3S.ClH/c1-11(10-16)17-14(19)4-3-9-18(2)22(20,21)13-7-5-12(15)6-8-13;/h5-8,11H,3-4,9-10,16H2,1-2H3,(H,17,19);1H/t11-;/m0./s1. The van der Waals surface area contributed by atoms with Gasteiger partial charge >= 0.3 is 0 Å². The molecule has 132 valence electrons. The van der Waals surface area contributed by atoms with Crippen molar-refractivity contribution in [3.8, 4) is 0 Å². The van der Waals surface area contributed by atoms with Crippen LogP contribution in [-0.4, -0.2) is 44.8 Å². The molecule has 0 aliphatic carbocycles. The average molecular weight is 368 g/mol. The van der Waals surface area contributed by atoms with Crippen LogP contribution in [0, 0.1) is 5.82 Å². The number of hydrogen-bond acceptors (Lipinski definition) is 4. The number of nitrogens with two attached hydrogens (primary N) is 1. The van der Waals surface area contributed by atoms with Crippen molar-refractivity contribution in [2.24, 2.45) is 5.73 Å². The van der Waals surface area contributed by atoms with Crippen molar-refractivity contribution < 1.29 is 17.6 Å². The molecular weight excluding hydrogens is 345 g/mol. The van der Waals surface area contributed by atoms with Crippen LogP contribution in [0.4, 0.5) is 4.39 Å². The zero-order valence-corrected chi connectivity index (χ0v) is 14.8. The van der Waals surface area contributed by atoms with Gasteiger partial charge in [0.25, 0.3) is 0 Å². The van der Waals surface area contributed by atoms with Gasteiger partial charge in [0, 0.05) is 32.6 Å². The SMILES string of the molecule is C[C@@H](CN)NC(=O)CCCN(C)S(=O)(=O)c1ccc(F)cc1.Cl. The lowest BCUT2D eigenvalue weighted by Gasteiger charge is -2.17. The van der Waals surface area contributed by atoms with Gasteiger partial charge in [0.15, 0.2) is 0 Å². The summed E-state index contributed by atoms with van der Waals surface area (Å²) < 4.78 is 38.5. The fraction of sp³-hybridized carbons (Fsp3) is 0.500. The molecule has 0 radical (unpaired) electrons. The van der Waals surface area contributed by atoms with E-state index in [1.165, 1.54) is 19.2 Å². The van der Waals surface area contributed by atoms with Gasteiger partial charge in [-0.15, -0.1) is 12.4 Å². The molecule has 3 N–H and O–H groups in total. The van der Waals surface area contributed by atoms with Gasteiger partial charge in [-0.1, -0.05) is 0 Å². The predicted octanol–water partition coefficient (Wildman–Crippen LogP) is 1.11. The Hall–Kier alpha value is -1.22. The number of amides is 1. The second-order valence-corrected chi connectivity index (χ2v) is 7.13. The van der Waals surface area contributed by atoms with Gasteiger partial charge in [0.2, 0.25) is 15.9 Å². The molecule has 9 heteroatoms. The van der Waals surface area contributed by atoms with Crippen LogP contribution in [0.2, 0.25) is 0 Å². The van der Waals surface area contributed by atoms with Gasteiger partial charge in [-0.25, -0.2) is 17.1 Å². The number of nitrogens with one attached hydrogen (secondary N) is 1.